The standard InChI is InChI=1S/C25H19BrF3N3O2S/c26-20-13-30-14-22-18(20)11-21(35-22)24(34)31-9-8-15-4-3-6-16(10-15)23(33)32-12-17-5-1-2-7-19(17)25(27,28)29/h1-7,10-11,13-14H,8-9,12H2,(H,31,34)(H,32,33). The number of fused-ring (bicyclic) bond motifs is 1. The number of aromatic nitrogens is 1. The molecule has 0 aliphatic heterocycles. The van der Waals surface area contributed by atoms with Gasteiger partial charge < -0.3 is 10.6 Å². The molecule has 0 aliphatic rings. The Labute approximate surface area is 211 Å². The van der Waals surface area contributed by atoms with E-state index in [-0.39, 0.29) is 18.0 Å². The van der Waals surface area contributed by atoms with Crippen molar-refractivity contribution in [3.63, 3.8) is 0 Å². The van der Waals surface area contributed by atoms with Gasteiger partial charge in [0, 0.05) is 40.9 Å². The third-order valence-electron chi connectivity index (χ3n) is 5.27. The molecule has 10 heteroatoms. The molecule has 2 aromatic heterocycles. The number of carbonyl (C=O) groups is 2. The highest BCUT2D eigenvalue weighted by atomic mass is 79.9. The summed E-state index contributed by atoms with van der Waals surface area (Å²) in [4.78, 5) is 29.7. The summed E-state index contributed by atoms with van der Waals surface area (Å²) in [6.45, 7) is 0.117. The summed E-state index contributed by atoms with van der Waals surface area (Å²) < 4.78 is 41.2. The van der Waals surface area contributed by atoms with Crippen molar-refractivity contribution in [3.05, 3.63) is 98.6 Å². The smallest absolute Gasteiger partial charge is 0.351 e. The monoisotopic (exact) mass is 561 g/mol. The van der Waals surface area contributed by atoms with Gasteiger partial charge in [0.25, 0.3) is 11.8 Å². The fourth-order valence-corrected chi connectivity index (χ4v) is 5.09. The average molecular weight is 562 g/mol. The second-order valence-electron chi connectivity index (χ2n) is 7.69. The fourth-order valence-electron chi connectivity index (χ4n) is 3.54. The van der Waals surface area contributed by atoms with E-state index in [1.165, 1.54) is 29.5 Å². The molecule has 0 unspecified atom stereocenters. The lowest BCUT2D eigenvalue weighted by molar-refractivity contribution is -0.138. The van der Waals surface area contributed by atoms with Crippen LogP contribution in [0.1, 0.15) is 36.7 Å². The zero-order valence-electron chi connectivity index (χ0n) is 18.2. The van der Waals surface area contributed by atoms with Crippen molar-refractivity contribution in [2.45, 2.75) is 19.1 Å². The molecule has 0 fully saturated rings. The van der Waals surface area contributed by atoms with E-state index in [1.807, 2.05) is 12.1 Å². The molecule has 0 aliphatic carbocycles. The highest BCUT2D eigenvalue weighted by Crippen LogP contribution is 2.32. The van der Waals surface area contributed by atoms with Gasteiger partial charge in [-0.1, -0.05) is 30.3 Å². The Balaban J connectivity index is 1.34. The number of rotatable bonds is 7. The Kier molecular flexibility index (Phi) is 7.51. The number of carbonyl (C=O) groups excluding carboxylic acids is 2. The van der Waals surface area contributed by atoms with E-state index in [4.69, 9.17) is 0 Å². The van der Waals surface area contributed by atoms with Crippen molar-refractivity contribution < 1.29 is 22.8 Å². The predicted octanol–water partition coefficient (Wildman–Crippen LogP) is 5.98. The minimum absolute atomic E-state index is 0.00346. The van der Waals surface area contributed by atoms with Crippen molar-refractivity contribution in [3.8, 4) is 0 Å². The summed E-state index contributed by atoms with van der Waals surface area (Å²) in [6, 6.07) is 13.7. The molecule has 2 aromatic carbocycles. The van der Waals surface area contributed by atoms with Crippen LogP contribution in [0.5, 0.6) is 0 Å². The van der Waals surface area contributed by atoms with E-state index >= 15 is 0 Å². The number of nitrogens with one attached hydrogen (secondary N) is 2. The van der Waals surface area contributed by atoms with Crippen LogP contribution in [0.4, 0.5) is 13.2 Å². The predicted molar refractivity (Wildman–Crippen MR) is 132 cm³/mol. The minimum Gasteiger partial charge on any atom is -0.351 e. The van der Waals surface area contributed by atoms with E-state index < -0.39 is 17.6 Å². The van der Waals surface area contributed by atoms with Crippen LogP contribution >= 0.6 is 27.3 Å². The Hall–Kier alpha value is -3.24. The second-order valence-corrected chi connectivity index (χ2v) is 9.63. The first kappa shape index (κ1) is 24.9. The summed E-state index contributed by atoms with van der Waals surface area (Å²) in [6.07, 6.45) is -0.621. The fraction of sp³-hybridized carbons (Fsp3) is 0.160. The van der Waals surface area contributed by atoms with Gasteiger partial charge in [0.15, 0.2) is 0 Å². The first-order valence-corrected chi connectivity index (χ1v) is 12.2. The van der Waals surface area contributed by atoms with Crippen molar-refractivity contribution in [1.82, 2.24) is 15.6 Å². The van der Waals surface area contributed by atoms with E-state index in [0.717, 1.165) is 26.2 Å². The third kappa shape index (κ3) is 6.07. The van der Waals surface area contributed by atoms with Crippen LogP contribution in [0.3, 0.4) is 0 Å². The molecule has 0 spiro atoms. The van der Waals surface area contributed by atoms with E-state index in [1.54, 1.807) is 30.6 Å². The number of hydrogen-bond donors (Lipinski definition) is 2. The first-order valence-electron chi connectivity index (χ1n) is 10.6. The number of nitrogens with zero attached hydrogens (tertiary/aromatic N) is 1. The van der Waals surface area contributed by atoms with Gasteiger partial charge in [0.1, 0.15) is 0 Å². The van der Waals surface area contributed by atoms with Crippen LogP contribution in [0.2, 0.25) is 0 Å². The SMILES string of the molecule is O=C(NCc1ccccc1C(F)(F)F)c1cccc(CCNC(=O)c2cc3c(Br)cncc3s2)c1. The molecule has 180 valence electrons. The number of halogens is 4. The molecule has 4 aromatic rings. The van der Waals surface area contributed by atoms with E-state index in [0.29, 0.717) is 23.4 Å². The van der Waals surface area contributed by atoms with Gasteiger partial charge in [-0.15, -0.1) is 11.3 Å². The van der Waals surface area contributed by atoms with Crippen LogP contribution in [0, 0.1) is 0 Å². The molecule has 0 radical (unpaired) electrons. The number of pyridine rings is 1. The van der Waals surface area contributed by atoms with Crippen molar-refractivity contribution >= 4 is 49.2 Å². The highest BCUT2D eigenvalue weighted by molar-refractivity contribution is 9.10. The van der Waals surface area contributed by atoms with Gasteiger partial charge in [0.05, 0.1) is 15.1 Å². The molecular formula is C25H19BrF3N3O2S. The molecule has 5 nitrogen and oxygen atoms in total. The molecule has 0 saturated heterocycles. The molecule has 2 amide bonds. The normalized spacial score (nSPS) is 11.4. The molecule has 2 heterocycles. The molecule has 4 rings (SSSR count). The Morgan fingerprint density at radius 2 is 1.77 bits per heavy atom. The lowest BCUT2D eigenvalue weighted by atomic mass is 10.1. The molecule has 0 bridgehead atoms. The summed E-state index contributed by atoms with van der Waals surface area (Å²) in [5, 5.41) is 6.35. The van der Waals surface area contributed by atoms with Gasteiger partial charge in [-0.25, -0.2) is 0 Å². The summed E-state index contributed by atoms with van der Waals surface area (Å²) in [5.74, 6) is -0.673. The topological polar surface area (TPSA) is 71.1 Å². The second kappa shape index (κ2) is 10.6. The van der Waals surface area contributed by atoms with Crippen LogP contribution in [-0.4, -0.2) is 23.3 Å². The van der Waals surface area contributed by atoms with E-state index in [9.17, 15) is 22.8 Å². The van der Waals surface area contributed by atoms with Crippen LogP contribution in [0.25, 0.3) is 10.1 Å². The lowest BCUT2D eigenvalue weighted by Crippen LogP contribution is -2.25. The van der Waals surface area contributed by atoms with Gasteiger partial charge >= 0.3 is 6.18 Å². The lowest BCUT2D eigenvalue weighted by Gasteiger charge is -2.13. The Bertz CT molecular complexity index is 1390. The highest BCUT2D eigenvalue weighted by Gasteiger charge is 2.32. The maximum Gasteiger partial charge on any atom is 0.416 e. The first-order chi connectivity index (χ1) is 16.7. The number of hydrogen-bond acceptors (Lipinski definition) is 4. The zero-order valence-corrected chi connectivity index (χ0v) is 20.6. The molecule has 0 saturated carbocycles. The quantitative estimate of drug-likeness (QED) is 0.291. The maximum atomic E-state index is 13.2. The van der Waals surface area contributed by atoms with Gasteiger partial charge in [-0.2, -0.15) is 13.2 Å². The van der Waals surface area contributed by atoms with Gasteiger partial charge in [0.2, 0.25) is 0 Å². The van der Waals surface area contributed by atoms with E-state index in [2.05, 4.69) is 31.5 Å². The van der Waals surface area contributed by atoms with Crippen molar-refractivity contribution in [2.24, 2.45) is 0 Å². The van der Waals surface area contributed by atoms with Gasteiger partial charge in [-0.3, -0.25) is 14.6 Å². The zero-order chi connectivity index (χ0) is 25.0. The number of alkyl halides is 3. The summed E-state index contributed by atoms with van der Waals surface area (Å²) in [7, 11) is 0. The molecule has 2 N–H and O–H groups in total. The van der Waals surface area contributed by atoms with Crippen LogP contribution < -0.4 is 10.6 Å². The average Bonchev–Trinajstić information content (AvgIpc) is 3.28. The number of amides is 2. The minimum atomic E-state index is -4.49. The van der Waals surface area contributed by atoms with Gasteiger partial charge in [-0.05, 0) is 57.7 Å². The Morgan fingerprint density at radius 3 is 2.54 bits per heavy atom. The molecular weight excluding hydrogens is 543 g/mol. The van der Waals surface area contributed by atoms with Crippen LogP contribution in [-0.2, 0) is 19.1 Å². The maximum absolute atomic E-state index is 13.2. The molecule has 35 heavy (non-hydrogen) atoms. The summed E-state index contributed by atoms with van der Waals surface area (Å²) >= 11 is 4.78. The Morgan fingerprint density at radius 1 is 0.971 bits per heavy atom. The number of benzene rings is 2. The van der Waals surface area contributed by atoms with Crippen molar-refractivity contribution in [2.75, 3.05) is 6.54 Å². The molecule has 0 atom stereocenters. The van der Waals surface area contributed by atoms with Crippen LogP contribution in [0.15, 0.2) is 71.5 Å². The largest absolute Gasteiger partial charge is 0.416 e. The number of thiophene rings is 1. The third-order valence-corrected chi connectivity index (χ3v) is 6.97. The summed E-state index contributed by atoms with van der Waals surface area (Å²) in [5.41, 5.74) is 0.375. The van der Waals surface area contributed by atoms with Crippen molar-refractivity contribution in [1.29, 1.82) is 0 Å².